The Morgan fingerprint density at radius 3 is 3.00 bits per heavy atom. The molecule has 176 valence electrons. The predicted molar refractivity (Wildman–Crippen MR) is 126 cm³/mol. The minimum atomic E-state index is -0.222. The van der Waals surface area contributed by atoms with Crippen molar-refractivity contribution < 1.29 is 18.9 Å². The average Bonchev–Trinajstić information content (AvgIpc) is 3.47. The van der Waals surface area contributed by atoms with Gasteiger partial charge in [0.1, 0.15) is 13.2 Å². The molecule has 1 aromatic heterocycles. The van der Waals surface area contributed by atoms with E-state index in [9.17, 15) is 0 Å². The summed E-state index contributed by atoms with van der Waals surface area (Å²) >= 11 is 0. The summed E-state index contributed by atoms with van der Waals surface area (Å²) in [5, 5.41) is 0. The van der Waals surface area contributed by atoms with Crippen molar-refractivity contribution in [2.45, 2.75) is 44.4 Å². The van der Waals surface area contributed by atoms with Gasteiger partial charge in [-0.2, -0.15) is 0 Å². The number of aromatic nitrogens is 1. The molecular weight excluding hydrogens is 432 g/mol. The molecule has 0 spiro atoms. The highest BCUT2D eigenvalue weighted by atomic mass is 16.6. The summed E-state index contributed by atoms with van der Waals surface area (Å²) in [7, 11) is 0. The number of likely N-dealkylation sites (tertiary alicyclic amines) is 1. The minimum Gasteiger partial charge on any atom is -0.478 e. The highest BCUT2D eigenvalue weighted by Gasteiger charge is 2.48. The Hall–Kier alpha value is -3.10. The van der Waals surface area contributed by atoms with Gasteiger partial charge in [0.2, 0.25) is 5.90 Å². The van der Waals surface area contributed by atoms with Crippen LogP contribution in [0, 0.1) is 0 Å². The van der Waals surface area contributed by atoms with E-state index in [1.54, 1.807) is 6.20 Å². The van der Waals surface area contributed by atoms with Crippen molar-refractivity contribution in [2.75, 3.05) is 32.8 Å². The van der Waals surface area contributed by atoms with Crippen molar-refractivity contribution in [2.24, 2.45) is 4.99 Å². The molecule has 0 radical (unpaired) electrons. The van der Waals surface area contributed by atoms with E-state index in [4.69, 9.17) is 23.9 Å². The van der Waals surface area contributed by atoms with Crippen molar-refractivity contribution in [1.82, 2.24) is 14.8 Å². The van der Waals surface area contributed by atoms with Crippen LogP contribution in [0.1, 0.15) is 29.5 Å². The molecule has 34 heavy (non-hydrogen) atoms. The van der Waals surface area contributed by atoms with Gasteiger partial charge in [-0.3, -0.25) is 4.90 Å². The third kappa shape index (κ3) is 3.80. The summed E-state index contributed by atoms with van der Waals surface area (Å²) in [4.78, 5) is 13.8. The molecular formula is C26H28N4O4. The first-order valence-electron chi connectivity index (χ1n) is 12.2. The highest BCUT2D eigenvalue weighted by molar-refractivity contribution is 5.96. The lowest BCUT2D eigenvalue weighted by Gasteiger charge is -2.32. The van der Waals surface area contributed by atoms with E-state index in [2.05, 4.69) is 39.1 Å². The molecule has 2 aromatic rings. The SMILES string of the molecule is C1=C2c3ccc(CN4CCCC4)cc3CCN2C2OC2N=C1OCC1COc2ncccc2O1. The lowest BCUT2D eigenvalue weighted by atomic mass is 9.94. The highest BCUT2D eigenvalue weighted by Crippen LogP contribution is 2.40. The van der Waals surface area contributed by atoms with Crippen LogP contribution in [0.2, 0.25) is 0 Å². The van der Waals surface area contributed by atoms with Gasteiger partial charge < -0.3 is 23.8 Å². The molecule has 1 aromatic carbocycles. The largest absolute Gasteiger partial charge is 0.478 e. The predicted octanol–water partition coefficient (Wildman–Crippen LogP) is 2.83. The molecule has 0 amide bonds. The molecule has 5 aliphatic heterocycles. The summed E-state index contributed by atoms with van der Waals surface area (Å²) in [6, 6.07) is 10.6. The second kappa shape index (κ2) is 8.29. The quantitative estimate of drug-likeness (QED) is 0.650. The van der Waals surface area contributed by atoms with Crippen LogP contribution >= 0.6 is 0 Å². The summed E-state index contributed by atoms with van der Waals surface area (Å²) in [6.07, 6.45) is 7.01. The van der Waals surface area contributed by atoms with E-state index in [-0.39, 0.29) is 18.6 Å². The number of pyridine rings is 1. The third-order valence-corrected chi connectivity index (χ3v) is 7.10. The maximum Gasteiger partial charge on any atom is 0.257 e. The number of rotatable bonds is 4. The first-order chi connectivity index (χ1) is 16.8. The Labute approximate surface area is 198 Å². The molecule has 6 heterocycles. The lowest BCUT2D eigenvalue weighted by Crippen LogP contribution is -2.34. The maximum absolute atomic E-state index is 6.13. The van der Waals surface area contributed by atoms with Crippen LogP contribution in [0.15, 0.2) is 47.6 Å². The number of ether oxygens (including phenoxy) is 4. The van der Waals surface area contributed by atoms with Crippen LogP contribution < -0.4 is 9.47 Å². The molecule has 5 aliphatic rings. The number of epoxide rings is 1. The molecule has 3 atom stereocenters. The van der Waals surface area contributed by atoms with E-state index in [0.29, 0.717) is 30.7 Å². The number of aliphatic imine (C=N–C) groups is 1. The molecule has 0 bridgehead atoms. The maximum atomic E-state index is 6.13. The zero-order valence-electron chi connectivity index (χ0n) is 19.1. The average molecular weight is 461 g/mol. The zero-order chi connectivity index (χ0) is 22.5. The molecule has 8 heteroatoms. The second-order valence-corrected chi connectivity index (χ2v) is 9.50. The standard InChI is InChI=1S/C26H28N4O4/c1-2-10-29(9-1)14-17-5-6-20-18(12-17)7-11-30-21(20)13-23(28-25-26(30)34-25)31-15-19-16-32-24-22(33-19)4-3-8-27-24/h3-6,8,12-13,19,25-26H,1-2,7,9-11,14-16H2. The first-order valence-corrected chi connectivity index (χ1v) is 12.2. The van der Waals surface area contributed by atoms with E-state index >= 15 is 0 Å². The van der Waals surface area contributed by atoms with Crippen LogP contribution in [-0.4, -0.2) is 72.1 Å². The number of fused-ring (bicyclic) bond motifs is 6. The van der Waals surface area contributed by atoms with Crippen LogP contribution in [0.25, 0.3) is 5.70 Å². The van der Waals surface area contributed by atoms with Gasteiger partial charge in [-0.15, -0.1) is 0 Å². The molecule has 2 saturated heterocycles. The molecule has 8 nitrogen and oxygen atoms in total. The van der Waals surface area contributed by atoms with Gasteiger partial charge in [-0.1, -0.05) is 18.2 Å². The van der Waals surface area contributed by atoms with Crippen molar-refractivity contribution in [3.05, 3.63) is 59.3 Å². The van der Waals surface area contributed by atoms with E-state index in [0.717, 1.165) is 25.2 Å². The van der Waals surface area contributed by atoms with Crippen molar-refractivity contribution in [1.29, 1.82) is 0 Å². The Kier molecular flexibility index (Phi) is 4.94. The Morgan fingerprint density at radius 1 is 1.12 bits per heavy atom. The van der Waals surface area contributed by atoms with Gasteiger partial charge in [0.25, 0.3) is 5.88 Å². The monoisotopic (exact) mass is 460 g/mol. The molecule has 7 rings (SSSR count). The van der Waals surface area contributed by atoms with Gasteiger partial charge in [0.15, 0.2) is 24.3 Å². The summed E-state index contributed by atoms with van der Waals surface area (Å²) in [5.41, 5.74) is 5.18. The minimum absolute atomic E-state index is 0.00279. The number of benzene rings is 1. The van der Waals surface area contributed by atoms with Gasteiger partial charge in [0, 0.05) is 30.9 Å². The van der Waals surface area contributed by atoms with Gasteiger partial charge >= 0.3 is 0 Å². The summed E-state index contributed by atoms with van der Waals surface area (Å²) < 4.78 is 23.7. The zero-order valence-corrected chi connectivity index (χ0v) is 19.1. The second-order valence-electron chi connectivity index (χ2n) is 9.50. The third-order valence-electron chi connectivity index (χ3n) is 7.10. The number of hydrogen-bond donors (Lipinski definition) is 0. The fourth-order valence-electron chi connectivity index (χ4n) is 5.34. The van der Waals surface area contributed by atoms with Crippen molar-refractivity contribution in [3.63, 3.8) is 0 Å². The normalized spacial score (nSPS) is 27.1. The fourth-order valence-corrected chi connectivity index (χ4v) is 5.34. The molecule has 0 N–H and O–H groups in total. The topological polar surface area (TPSA) is 72.0 Å². The summed E-state index contributed by atoms with van der Waals surface area (Å²) in [5.74, 6) is 1.76. The Morgan fingerprint density at radius 2 is 2.06 bits per heavy atom. The van der Waals surface area contributed by atoms with E-state index in [1.807, 2.05) is 12.1 Å². The molecule has 0 aliphatic carbocycles. The van der Waals surface area contributed by atoms with E-state index < -0.39 is 0 Å². The van der Waals surface area contributed by atoms with Crippen LogP contribution in [-0.2, 0) is 22.4 Å². The smallest absolute Gasteiger partial charge is 0.257 e. The van der Waals surface area contributed by atoms with Crippen molar-refractivity contribution in [3.8, 4) is 11.6 Å². The van der Waals surface area contributed by atoms with Crippen molar-refractivity contribution >= 4 is 11.6 Å². The number of hydrogen-bond acceptors (Lipinski definition) is 8. The van der Waals surface area contributed by atoms with Crippen LogP contribution in [0.3, 0.4) is 0 Å². The van der Waals surface area contributed by atoms with Crippen LogP contribution in [0.5, 0.6) is 11.6 Å². The Balaban J connectivity index is 1.09. The van der Waals surface area contributed by atoms with Gasteiger partial charge in [-0.05, 0) is 55.6 Å². The number of nitrogens with zero attached hydrogens (tertiary/aromatic N) is 4. The van der Waals surface area contributed by atoms with E-state index in [1.165, 1.54) is 42.6 Å². The first kappa shape index (κ1) is 20.3. The van der Waals surface area contributed by atoms with Gasteiger partial charge in [0.05, 0.1) is 5.70 Å². The fraction of sp³-hybridized carbons (Fsp3) is 0.462. The Bertz CT molecular complexity index is 1160. The summed E-state index contributed by atoms with van der Waals surface area (Å²) in [6.45, 7) is 5.14. The van der Waals surface area contributed by atoms with Crippen LogP contribution in [0.4, 0.5) is 0 Å². The molecule has 0 saturated carbocycles. The van der Waals surface area contributed by atoms with Gasteiger partial charge in [-0.25, -0.2) is 9.98 Å². The molecule has 3 unspecified atom stereocenters. The lowest BCUT2D eigenvalue weighted by molar-refractivity contribution is 0.0467. The molecule has 2 fully saturated rings.